The molecule has 0 bridgehead atoms. The van der Waals surface area contributed by atoms with Crippen LogP contribution >= 0.6 is 0 Å². The van der Waals surface area contributed by atoms with E-state index in [1.807, 2.05) is 30.3 Å². The van der Waals surface area contributed by atoms with E-state index in [2.05, 4.69) is 9.97 Å². The van der Waals surface area contributed by atoms with Crippen molar-refractivity contribution < 1.29 is 4.79 Å². The van der Waals surface area contributed by atoms with Crippen LogP contribution in [0, 0.1) is 0 Å². The number of hydrogen-bond acceptors (Lipinski definition) is 2. The van der Waals surface area contributed by atoms with Gasteiger partial charge in [0.25, 0.3) is 0 Å². The number of aromatic amines is 1. The van der Waals surface area contributed by atoms with Gasteiger partial charge < -0.3 is 4.98 Å². The standard InChI is InChI=1S/C14H12N2O/c17-14-11(7-12-8-15-9-16-12)6-5-10-3-1-2-4-13(10)14/h1-4,7-9H,5-6H2,(H,15,16)/b11-7+. The Morgan fingerprint density at radius 2 is 2.12 bits per heavy atom. The van der Waals surface area contributed by atoms with Gasteiger partial charge in [-0.2, -0.15) is 0 Å². The molecule has 1 N–H and O–H groups in total. The number of hydrogen-bond donors (Lipinski definition) is 1. The number of benzene rings is 1. The van der Waals surface area contributed by atoms with Crippen LogP contribution in [0.4, 0.5) is 0 Å². The van der Waals surface area contributed by atoms with Gasteiger partial charge >= 0.3 is 0 Å². The highest BCUT2D eigenvalue weighted by Crippen LogP contribution is 2.25. The Morgan fingerprint density at radius 1 is 1.24 bits per heavy atom. The Bertz CT molecular complexity index is 582. The number of ketones is 1. The van der Waals surface area contributed by atoms with Gasteiger partial charge in [-0.25, -0.2) is 4.98 Å². The van der Waals surface area contributed by atoms with Gasteiger partial charge in [0, 0.05) is 11.1 Å². The average molecular weight is 224 g/mol. The summed E-state index contributed by atoms with van der Waals surface area (Å²) in [4.78, 5) is 19.2. The lowest BCUT2D eigenvalue weighted by Crippen LogP contribution is -2.13. The minimum Gasteiger partial charge on any atom is -0.345 e. The van der Waals surface area contributed by atoms with Crippen molar-refractivity contribution >= 4 is 11.9 Å². The molecule has 0 saturated carbocycles. The van der Waals surface area contributed by atoms with Gasteiger partial charge in [-0.15, -0.1) is 0 Å². The summed E-state index contributed by atoms with van der Waals surface area (Å²) in [5, 5.41) is 0. The van der Waals surface area contributed by atoms with Crippen molar-refractivity contribution in [3.8, 4) is 0 Å². The van der Waals surface area contributed by atoms with E-state index < -0.39 is 0 Å². The summed E-state index contributed by atoms with van der Waals surface area (Å²) in [5.74, 6) is 0.140. The molecule has 3 heteroatoms. The third-order valence-electron chi connectivity index (χ3n) is 3.07. The first-order valence-electron chi connectivity index (χ1n) is 5.66. The molecule has 0 unspecified atom stereocenters. The smallest absolute Gasteiger partial charge is 0.189 e. The Labute approximate surface area is 99.2 Å². The number of nitrogens with zero attached hydrogens (tertiary/aromatic N) is 1. The van der Waals surface area contributed by atoms with Crippen molar-refractivity contribution in [2.24, 2.45) is 0 Å². The largest absolute Gasteiger partial charge is 0.345 e. The number of carbonyl (C=O) groups is 1. The zero-order valence-corrected chi connectivity index (χ0v) is 9.31. The average Bonchev–Trinajstić information content (AvgIpc) is 2.86. The molecule has 3 nitrogen and oxygen atoms in total. The molecule has 1 heterocycles. The van der Waals surface area contributed by atoms with Crippen LogP contribution in [0.25, 0.3) is 6.08 Å². The molecular weight excluding hydrogens is 212 g/mol. The highest BCUT2D eigenvalue weighted by atomic mass is 16.1. The van der Waals surface area contributed by atoms with Gasteiger partial charge in [0.1, 0.15) is 0 Å². The number of rotatable bonds is 1. The van der Waals surface area contributed by atoms with Crippen molar-refractivity contribution in [1.29, 1.82) is 0 Å². The molecular formula is C14H12N2O. The second-order valence-electron chi connectivity index (χ2n) is 4.16. The van der Waals surface area contributed by atoms with Crippen LogP contribution in [0.5, 0.6) is 0 Å². The predicted octanol–water partition coefficient (Wildman–Crippen LogP) is 2.62. The molecule has 0 aliphatic heterocycles. The lowest BCUT2D eigenvalue weighted by atomic mass is 9.86. The van der Waals surface area contributed by atoms with Crippen LogP contribution in [0.3, 0.4) is 0 Å². The molecule has 0 saturated heterocycles. The minimum absolute atomic E-state index is 0.140. The number of aromatic nitrogens is 2. The maximum Gasteiger partial charge on any atom is 0.189 e. The molecule has 2 aromatic rings. The van der Waals surface area contributed by atoms with Gasteiger partial charge in [0.15, 0.2) is 5.78 Å². The summed E-state index contributed by atoms with van der Waals surface area (Å²) < 4.78 is 0. The summed E-state index contributed by atoms with van der Waals surface area (Å²) in [5.41, 5.74) is 3.73. The van der Waals surface area contributed by atoms with Crippen LogP contribution < -0.4 is 0 Å². The van der Waals surface area contributed by atoms with Gasteiger partial charge in [-0.1, -0.05) is 24.3 Å². The first-order chi connectivity index (χ1) is 8.34. The number of H-pyrrole nitrogens is 1. The van der Waals surface area contributed by atoms with Crippen LogP contribution in [0.1, 0.15) is 28.0 Å². The summed E-state index contributed by atoms with van der Waals surface area (Å²) in [6.45, 7) is 0. The molecule has 0 spiro atoms. The van der Waals surface area contributed by atoms with Gasteiger partial charge in [0.2, 0.25) is 0 Å². The van der Waals surface area contributed by atoms with Crippen LogP contribution in [0.2, 0.25) is 0 Å². The van der Waals surface area contributed by atoms with E-state index in [1.165, 1.54) is 0 Å². The highest BCUT2D eigenvalue weighted by Gasteiger charge is 2.21. The first-order valence-corrected chi connectivity index (χ1v) is 5.66. The van der Waals surface area contributed by atoms with E-state index in [0.717, 1.165) is 35.2 Å². The van der Waals surface area contributed by atoms with E-state index in [4.69, 9.17) is 0 Å². The summed E-state index contributed by atoms with van der Waals surface area (Å²) in [7, 11) is 0. The fraction of sp³-hybridized carbons (Fsp3) is 0.143. The predicted molar refractivity (Wildman–Crippen MR) is 65.7 cm³/mol. The molecule has 0 radical (unpaired) electrons. The van der Waals surface area contributed by atoms with Crippen molar-refractivity contribution in [2.45, 2.75) is 12.8 Å². The topological polar surface area (TPSA) is 45.8 Å². The van der Waals surface area contributed by atoms with Crippen LogP contribution in [-0.4, -0.2) is 15.8 Å². The fourth-order valence-corrected chi connectivity index (χ4v) is 2.19. The quantitative estimate of drug-likeness (QED) is 0.757. The molecule has 0 atom stereocenters. The molecule has 1 aromatic carbocycles. The Hall–Kier alpha value is -2.16. The SMILES string of the molecule is O=C1/C(=C/c2cnc[nH]2)CCc2ccccc21. The first kappa shape index (κ1) is 10.0. The Morgan fingerprint density at radius 3 is 2.94 bits per heavy atom. The summed E-state index contributed by atoms with van der Waals surface area (Å²) >= 11 is 0. The van der Waals surface area contributed by atoms with Crippen LogP contribution in [0.15, 0.2) is 42.4 Å². The van der Waals surface area contributed by atoms with E-state index in [9.17, 15) is 4.79 Å². The number of Topliss-reactive ketones (excluding diaryl/α,β-unsaturated/α-hetero) is 1. The number of imidazole rings is 1. The van der Waals surface area contributed by atoms with E-state index in [-0.39, 0.29) is 5.78 Å². The van der Waals surface area contributed by atoms with E-state index >= 15 is 0 Å². The van der Waals surface area contributed by atoms with Crippen molar-refractivity contribution in [3.05, 3.63) is 59.2 Å². The third-order valence-corrected chi connectivity index (χ3v) is 3.07. The Balaban J connectivity index is 2.00. The lowest BCUT2D eigenvalue weighted by Gasteiger charge is -2.16. The number of carbonyl (C=O) groups excluding carboxylic acids is 1. The second kappa shape index (κ2) is 4.01. The molecule has 1 aliphatic carbocycles. The zero-order valence-electron chi connectivity index (χ0n) is 9.31. The maximum absolute atomic E-state index is 12.2. The van der Waals surface area contributed by atoms with Crippen molar-refractivity contribution in [1.82, 2.24) is 9.97 Å². The molecule has 84 valence electrons. The summed E-state index contributed by atoms with van der Waals surface area (Å²) in [6.07, 6.45) is 6.97. The number of allylic oxidation sites excluding steroid dienone is 1. The number of nitrogens with one attached hydrogen (secondary N) is 1. The van der Waals surface area contributed by atoms with E-state index in [1.54, 1.807) is 12.5 Å². The summed E-state index contributed by atoms with van der Waals surface area (Å²) in [6, 6.07) is 7.82. The van der Waals surface area contributed by atoms with Gasteiger partial charge in [0.05, 0.1) is 18.2 Å². The van der Waals surface area contributed by atoms with Gasteiger partial charge in [-0.05, 0) is 24.5 Å². The van der Waals surface area contributed by atoms with Crippen molar-refractivity contribution in [3.63, 3.8) is 0 Å². The third kappa shape index (κ3) is 1.80. The normalized spacial score (nSPS) is 17.2. The minimum atomic E-state index is 0.140. The maximum atomic E-state index is 12.2. The highest BCUT2D eigenvalue weighted by molar-refractivity contribution is 6.13. The van der Waals surface area contributed by atoms with Crippen LogP contribution in [-0.2, 0) is 6.42 Å². The molecule has 1 aromatic heterocycles. The molecule has 1 aliphatic rings. The molecule has 0 amide bonds. The Kier molecular flexibility index (Phi) is 2.37. The molecule has 17 heavy (non-hydrogen) atoms. The fourth-order valence-electron chi connectivity index (χ4n) is 2.19. The molecule has 0 fully saturated rings. The number of aryl methyl sites for hydroxylation is 1. The zero-order chi connectivity index (χ0) is 11.7. The second-order valence-corrected chi connectivity index (χ2v) is 4.16. The van der Waals surface area contributed by atoms with Crippen molar-refractivity contribution in [2.75, 3.05) is 0 Å². The molecule has 3 rings (SSSR count). The monoisotopic (exact) mass is 224 g/mol. The van der Waals surface area contributed by atoms with Gasteiger partial charge in [-0.3, -0.25) is 4.79 Å². The lowest BCUT2D eigenvalue weighted by molar-refractivity contribution is 0.102. The van der Waals surface area contributed by atoms with E-state index in [0.29, 0.717) is 0 Å². The number of fused-ring (bicyclic) bond motifs is 1.